The van der Waals surface area contributed by atoms with Crippen molar-refractivity contribution in [2.75, 3.05) is 5.73 Å². The molecule has 0 aliphatic rings. The molecule has 0 aliphatic heterocycles. The van der Waals surface area contributed by atoms with Crippen molar-refractivity contribution in [3.63, 3.8) is 0 Å². The molecule has 1 rings (SSSR count). The third-order valence-corrected chi connectivity index (χ3v) is 0.999. The van der Waals surface area contributed by atoms with E-state index >= 15 is 0 Å². The molecule has 1 heterocycles. The van der Waals surface area contributed by atoms with Crippen LogP contribution in [0.1, 0.15) is 5.56 Å². The highest BCUT2D eigenvalue weighted by Gasteiger charge is 1.91. The fourth-order valence-electron chi connectivity index (χ4n) is 0.460. The molecule has 48 valence electrons. The molecule has 9 heavy (non-hydrogen) atoms. The summed E-state index contributed by atoms with van der Waals surface area (Å²) >= 11 is 0. The first-order valence-corrected chi connectivity index (χ1v) is 2.48. The topological polar surface area (TPSA) is 71.8 Å². The first kappa shape index (κ1) is 4.55. The van der Waals surface area contributed by atoms with Crippen molar-refractivity contribution in [3.05, 3.63) is 22.2 Å². The largest absolute Gasteiger partial charge is 0.383 e. The number of rotatable bonds is 1. The van der Waals surface area contributed by atoms with Crippen molar-refractivity contribution in [1.82, 2.24) is 9.97 Å². The molecule has 0 aromatic carbocycles. The minimum absolute atomic E-state index is 0.295. The zero-order valence-electron chi connectivity index (χ0n) is 5.93. The Morgan fingerprint density at radius 3 is 3.33 bits per heavy atom. The molecule has 1 aromatic rings. The summed E-state index contributed by atoms with van der Waals surface area (Å²) in [5.74, 6) is 0.295. The molecule has 4 heteroatoms. The van der Waals surface area contributed by atoms with Gasteiger partial charge in [0, 0.05) is 11.8 Å². The number of aromatic nitrogens is 2. The zero-order chi connectivity index (χ0) is 7.56. The molecule has 0 saturated carbocycles. The van der Waals surface area contributed by atoms with E-state index in [-0.39, 0.29) is 0 Å². The van der Waals surface area contributed by atoms with E-state index in [0.29, 0.717) is 5.82 Å². The molecule has 0 unspecified atom stereocenters. The summed E-state index contributed by atoms with van der Waals surface area (Å²) in [6, 6.07) is 0. The van der Waals surface area contributed by atoms with Gasteiger partial charge in [0.1, 0.15) is 5.82 Å². The third-order valence-electron chi connectivity index (χ3n) is 0.999. The second-order valence-electron chi connectivity index (χ2n) is 1.74. The number of aromatic amines is 1. The van der Waals surface area contributed by atoms with Crippen LogP contribution in [-0.4, -0.2) is 9.97 Å². The van der Waals surface area contributed by atoms with Gasteiger partial charge in [-0.2, -0.15) is 4.98 Å². The van der Waals surface area contributed by atoms with Crippen molar-refractivity contribution in [1.29, 1.82) is 0 Å². The molecular weight excluding hydrogens is 118 g/mol. The summed E-state index contributed by atoms with van der Waals surface area (Å²) in [5.41, 5.74) is 2.36. The van der Waals surface area contributed by atoms with Gasteiger partial charge in [-0.05, 0) is 6.92 Å². The van der Waals surface area contributed by atoms with Crippen LogP contribution in [0.2, 0.25) is 1.41 Å². The number of aryl methyl sites for hydroxylation is 1. The van der Waals surface area contributed by atoms with Gasteiger partial charge < -0.3 is 10.7 Å². The first-order valence-electron chi connectivity index (χ1n) is 2.98. The van der Waals surface area contributed by atoms with Crippen molar-refractivity contribution in [2.45, 2.75) is 6.92 Å². The number of H-pyrrole nitrogens is 1. The van der Waals surface area contributed by atoms with Crippen LogP contribution in [0.25, 0.3) is 0 Å². The number of hydrogen-bond donors (Lipinski definition) is 2. The number of nitrogens with two attached hydrogens (primary N) is 1. The smallest absolute Gasteiger partial charge is 0.346 e. The standard InChI is InChI=1S/C5H7N3O/c1-3-2-7-5(9)8-4(3)6/h2H,1H3,(H3,6,7,8,9)/i/hD. The van der Waals surface area contributed by atoms with E-state index < -0.39 is 5.69 Å². The lowest BCUT2D eigenvalue weighted by Crippen LogP contribution is -2.12. The Balaban J connectivity index is 3.22. The van der Waals surface area contributed by atoms with E-state index in [1.54, 1.807) is 6.92 Å². The Bertz CT molecular complexity index is 282. The van der Waals surface area contributed by atoms with Crippen LogP contribution in [0.3, 0.4) is 0 Å². The molecule has 0 aliphatic carbocycles. The maximum atomic E-state index is 10.5. The lowest BCUT2D eigenvalue weighted by Gasteiger charge is -1.92. The van der Waals surface area contributed by atoms with Gasteiger partial charge >= 0.3 is 5.69 Å². The highest BCUT2D eigenvalue weighted by Crippen LogP contribution is 1.97. The summed E-state index contributed by atoms with van der Waals surface area (Å²) in [4.78, 5) is 16.4. The number of anilines is 1. The van der Waals surface area contributed by atoms with Crippen molar-refractivity contribution in [3.8, 4) is 0 Å². The average Bonchev–Trinajstić information content (AvgIpc) is 1.94. The molecule has 0 spiro atoms. The van der Waals surface area contributed by atoms with Gasteiger partial charge in [0.2, 0.25) is 0 Å². The van der Waals surface area contributed by atoms with Crippen LogP contribution >= 0.6 is 0 Å². The van der Waals surface area contributed by atoms with E-state index in [1.165, 1.54) is 6.20 Å². The SMILES string of the molecule is [2H]Nc1nc(=O)[nH]cc1C. The monoisotopic (exact) mass is 126 g/mol. The van der Waals surface area contributed by atoms with Crippen LogP contribution in [-0.2, 0) is 0 Å². The minimum Gasteiger partial charge on any atom is -0.383 e. The van der Waals surface area contributed by atoms with Crippen LogP contribution < -0.4 is 11.4 Å². The molecule has 0 amide bonds. The number of hydrogen-bond acceptors (Lipinski definition) is 3. The normalized spacial score (nSPS) is 10.6. The maximum Gasteiger partial charge on any atom is 0.346 e. The Hall–Kier alpha value is -1.32. The summed E-state index contributed by atoms with van der Waals surface area (Å²) in [6.07, 6.45) is 1.51. The summed E-state index contributed by atoms with van der Waals surface area (Å²) < 4.78 is 6.72. The second kappa shape index (κ2) is 1.89. The van der Waals surface area contributed by atoms with Gasteiger partial charge in [-0.1, -0.05) is 0 Å². The Labute approximate surface area is 53.2 Å². The van der Waals surface area contributed by atoms with E-state index in [1.807, 2.05) is 0 Å². The van der Waals surface area contributed by atoms with Crippen molar-refractivity contribution < 1.29 is 1.41 Å². The van der Waals surface area contributed by atoms with E-state index in [2.05, 4.69) is 15.7 Å². The first-order chi connectivity index (χ1) is 4.74. The number of nitrogens with one attached hydrogen (secondary N) is 1. The van der Waals surface area contributed by atoms with Gasteiger partial charge in [0.25, 0.3) is 0 Å². The average molecular weight is 126 g/mol. The molecule has 0 atom stereocenters. The predicted octanol–water partition coefficient (Wildman–Crippen LogP) is -0.339. The van der Waals surface area contributed by atoms with Crippen molar-refractivity contribution >= 4 is 5.82 Å². The fraction of sp³-hybridized carbons (Fsp3) is 0.200. The molecule has 1 aromatic heterocycles. The van der Waals surface area contributed by atoms with Crippen molar-refractivity contribution in [2.24, 2.45) is 0 Å². The maximum absolute atomic E-state index is 10.5. The third kappa shape index (κ3) is 1.07. The molecule has 0 radical (unpaired) electrons. The highest BCUT2D eigenvalue weighted by atomic mass is 16.1. The van der Waals surface area contributed by atoms with Gasteiger partial charge in [-0.15, -0.1) is 0 Å². The van der Waals surface area contributed by atoms with Crippen LogP contribution in [0.5, 0.6) is 0 Å². The van der Waals surface area contributed by atoms with Gasteiger partial charge in [-0.25, -0.2) is 4.79 Å². The summed E-state index contributed by atoms with van der Waals surface area (Å²) in [5, 5.41) is 0. The van der Waals surface area contributed by atoms with Crippen LogP contribution in [0.15, 0.2) is 11.0 Å². The van der Waals surface area contributed by atoms with E-state index in [9.17, 15) is 4.79 Å². The van der Waals surface area contributed by atoms with Gasteiger partial charge in [0.05, 0.1) is 0 Å². The van der Waals surface area contributed by atoms with E-state index in [0.717, 1.165) is 5.56 Å². The van der Waals surface area contributed by atoms with Gasteiger partial charge in [0.15, 0.2) is 1.41 Å². The minimum atomic E-state index is -0.444. The molecule has 0 bridgehead atoms. The Morgan fingerprint density at radius 2 is 2.78 bits per heavy atom. The molecule has 0 fully saturated rings. The zero-order valence-corrected chi connectivity index (χ0v) is 4.93. The van der Waals surface area contributed by atoms with Gasteiger partial charge in [-0.3, -0.25) is 0 Å². The highest BCUT2D eigenvalue weighted by molar-refractivity contribution is 5.34. The van der Waals surface area contributed by atoms with Crippen LogP contribution in [0.4, 0.5) is 5.82 Å². The summed E-state index contributed by atoms with van der Waals surface area (Å²) in [6.45, 7) is 1.75. The number of nitrogens with zero attached hydrogens (tertiary/aromatic N) is 1. The molecular formula is C5H7N3O. The van der Waals surface area contributed by atoms with E-state index in [4.69, 9.17) is 1.41 Å². The number of nitrogen functional groups attached to an aromatic ring is 1. The lowest BCUT2D eigenvalue weighted by molar-refractivity contribution is 1.06. The molecule has 0 saturated heterocycles. The summed E-state index contributed by atoms with van der Waals surface area (Å²) in [7, 11) is 0. The Kier molecular flexibility index (Phi) is 0.955. The fourth-order valence-corrected chi connectivity index (χ4v) is 0.460. The quantitative estimate of drug-likeness (QED) is 0.540. The lowest BCUT2D eigenvalue weighted by atomic mass is 10.4. The van der Waals surface area contributed by atoms with Crippen LogP contribution in [0, 0.1) is 6.92 Å². The molecule has 4 nitrogen and oxygen atoms in total. The Morgan fingerprint density at radius 1 is 2.00 bits per heavy atom. The second-order valence-corrected chi connectivity index (χ2v) is 1.74. The molecule has 3 N–H and O–H groups in total. The predicted molar refractivity (Wildman–Crippen MR) is 34.0 cm³/mol.